The molecule has 1 heterocycles. The summed E-state index contributed by atoms with van der Waals surface area (Å²) in [6.07, 6.45) is 5.09. The normalized spacial score (nSPS) is 18.3. The maximum Gasteiger partial charge on any atom is 0.237 e. The van der Waals surface area contributed by atoms with Gasteiger partial charge in [0.15, 0.2) is 0 Å². The van der Waals surface area contributed by atoms with Gasteiger partial charge in [0.2, 0.25) is 10.0 Å². The molecule has 0 N–H and O–H groups in total. The zero-order valence-electron chi connectivity index (χ0n) is 6.74. The smallest absolute Gasteiger partial charge is 0.237 e. The number of nitrogens with zero attached hydrogens (tertiary/aromatic N) is 1. The lowest BCUT2D eigenvalue weighted by Gasteiger charge is -2.18. The highest BCUT2D eigenvalue weighted by molar-refractivity contribution is 7.89. The molecule has 0 aliphatic carbocycles. The number of hydrogen-bond donors (Lipinski definition) is 0. The molecule has 0 fully saturated rings. The number of hydrogen-bond acceptors (Lipinski definition) is 2. The second-order valence-electron chi connectivity index (χ2n) is 2.79. The summed E-state index contributed by atoms with van der Waals surface area (Å²) in [4.78, 5) is 0. The van der Waals surface area contributed by atoms with Crippen molar-refractivity contribution < 1.29 is 8.42 Å². The highest BCUT2D eigenvalue weighted by atomic mass is 32.2. The van der Waals surface area contributed by atoms with E-state index in [-0.39, 0.29) is 5.25 Å². The van der Waals surface area contributed by atoms with Crippen molar-refractivity contribution in [2.24, 2.45) is 0 Å². The molecular weight excluding hydrogens is 162 g/mol. The van der Waals surface area contributed by atoms with Crippen molar-refractivity contribution in [2.45, 2.75) is 25.5 Å². The summed E-state index contributed by atoms with van der Waals surface area (Å²) in [5.41, 5.74) is 0. The van der Waals surface area contributed by atoms with Gasteiger partial charge in [-0.1, -0.05) is 0 Å². The Hall–Kier alpha value is -0.510. The van der Waals surface area contributed by atoms with Crippen LogP contribution in [0.5, 0.6) is 0 Å². The zero-order valence-corrected chi connectivity index (χ0v) is 7.56. The Morgan fingerprint density at radius 3 is 2.55 bits per heavy atom. The van der Waals surface area contributed by atoms with Gasteiger partial charge in [0.05, 0.1) is 5.25 Å². The molecule has 11 heavy (non-hydrogen) atoms. The fraction of sp³-hybridized carbons (Fsp3) is 0.714. The molecule has 0 bridgehead atoms. The first-order valence-corrected chi connectivity index (χ1v) is 5.13. The summed E-state index contributed by atoms with van der Waals surface area (Å²) in [7, 11) is -3.06. The fourth-order valence-electron chi connectivity index (χ4n) is 0.877. The fourth-order valence-corrected chi connectivity index (χ4v) is 1.99. The van der Waals surface area contributed by atoms with Crippen molar-refractivity contribution in [3.05, 3.63) is 12.3 Å². The van der Waals surface area contributed by atoms with E-state index in [1.165, 1.54) is 10.5 Å². The van der Waals surface area contributed by atoms with Crippen molar-refractivity contribution in [1.82, 2.24) is 4.31 Å². The Bertz CT molecular complexity index is 254. The highest BCUT2D eigenvalue weighted by Crippen LogP contribution is 2.13. The van der Waals surface area contributed by atoms with Gasteiger partial charge in [0.25, 0.3) is 0 Å². The van der Waals surface area contributed by atoms with Gasteiger partial charge in [-0.3, -0.25) is 4.31 Å². The molecule has 1 rings (SSSR count). The van der Waals surface area contributed by atoms with Crippen LogP contribution in [0.25, 0.3) is 0 Å². The van der Waals surface area contributed by atoms with Gasteiger partial charge in [0.1, 0.15) is 0 Å². The van der Waals surface area contributed by atoms with Gasteiger partial charge in [-0.2, -0.15) is 0 Å². The van der Waals surface area contributed by atoms with Crippen LogP contribution in [0.4, 0.5) is 0 Å². The molecule has 63 valence electrons. The van der Waals surface area contributed by atoms with Gasteiger partial charge in [-0.25, -0.2) is 8.42 Å². The summed E-state index contributed by atoms with van der Waals surface area (Å²) < 4.78 is 24.1. The van der Waals surface area contributed by atoms with Crippen LogP contribution in [-0.2, 0) is 10.0 Å². The molecule has 0 amide bonds. The van der Waals surface area contributed by atoms with Gasteiger partial charge >= 0.3 is 0 Å². The van der Waals surface area contributed by atoms with Crippen LogP contribution in [0, 0.1) is 6.08 Å². The van der Waals surface area contributed by atoms with E-state index < -0.39 is 10.0 Å². The first kappa shape index (κ1) is 8.59. The minimum Gasteiger partial charge on any atom is -0.276 e. The molecule has 0 spiro atoms. The van der Waals surface area contributed by atoms with E-state index in [1.54, 1.807) is 13.8 Å². The Morgan fingerprint density at radius 1 is 1.55 bits per heavy atom. The van der Waals surface area contributed by atoms with Gasteiger partial charge in [-0.15, -0.1) is 0 Å². The molecule has 1 aliphatic heterocycles. The molecule has 3 nitrogen and oxygen atoms in total. The Kier molecular flexibility index (Phi) is 2.23. The van der Waals surface area contributed by atoms with E-state index >= 15 is 0 Å². The van der Waals surface area contributed by atoms with Crippen molar-refractivity contribution in [3.63, 3.8) is 0 Å². The molecule has 0 aromatic heterocycles. The van der Waals surface area contributed by atoms with E-state index in [0.29, 0.717) is 13.0 Å². The van der Waals surface area contributed by atoms with Crippen LogP contribution in [0.2, 0.25) is 0 Å². The molecule has 1 radical (unpaired) electrons. The largest absolute Gasteiger partial charge is 0.276 e. The molecule has 0 saturated heterocycles. The molecule has 0 atom stereocenters. The lowest BCUT2D eigenvalue weighted by Crippen LogP contribution is -2.30. The molecule has 0 aromatic carbocycles. The molecule has 0 aromatic rings. The Morgan fingerprint density at radius 2 is 2.18 bits per heavy atom. The summed E-state index contributed by atoms with van der Waals surface area (Å²) in [5, 5.41) is -0.335. The van der Waals surface area contributed by atoms with Gasteiger partial charge in [0, 0.05) is 12.7 Å². The second-order valence-corrected chi connectivity index (χ2v) is 5.23. The van der Waals surface area contributed by atoms with Crippen molar-refractivity contribution in [1.29, 1.82) is 0 Å². The number of rotatable bonds is 2. The van der Waals surface area contributed by atoms with E-state index in [2.05, 4.69) is 6.08 Å². The van der Waals surface area contributed by atoms with Crippen LogP contribution < -0.4 is 0 Å². The molecule has 1 aliphatic rings. The molecule has 0 saturated carbocycles. The van der Waals surface area contributed by atoms with E-state index in [9.17, 15) is 8.42 Å². The average Bonchev–Trinajstić information content (AvgIpc) is 2.37. The monoisotopic (exact) mass is 174 g/mol. The summed E-state index contributed by atoms with van der Waals surface area (Å²) in [6, 6.07) is 0. The van der Waals surface area contributed by atoms with E-state index in [1.807, 2.05) is 0 Å². The third-order valence-electron chi connectivity index (χ3n) is 1.63. The quantitative estimate of drug-likeness (QED) is 0.619. The lowest BCUT2D eigenvalue weighted by atomic mass is 10.5. The van der Waals surface area contributed by atoms with Crippen LogP contribution in [0.3, 0.4) is 0 Å². The van der Waals surface area contributed by atoms with Crippen molar-refractivity contribution >= 4 is 10.0 Å². The third kappa shape index (κ3) is 1.56. The highest BCUT2D eigenvalue weighted by Gasteiger charge is 2.23. The maximum atomic E-state index is 11.4. The summed E-state index contributed by atoms with van der Waals surface area (Å²) in [5.74, 6) is 0. The van der Waals surface area contributed by atoms with Crippen LogP contribution >= 0.6 is 0 Å². The predicted molar refractivity (Wildman–Crippen MR) is 43.2 cm³/mol. The van der Waals surface area contributed by atoms with E-state index in [4.69, 9.17) is 0 Å². The first-order chi connectivity index (χ1) is 5.05. The topological polar surface area (TPSA) is 37.4 Å². The summed E-state index contributed by atoms with van der Waals surface area (Å²) in [6.45, 7) is 3.92. The molecular formula is C7H12NO2S. The zero-order chi connectivity index (χ0) is 8.48. The summed E-state index contributed by atoms with van der Waals surface area (Å²) >= 11 is 0. The second kappa shape index (κ2) is 2.85. The van der Waals surface area contributed by atoms with Crippen LogP contribution in [0.15, 0.2) is 6.20 Å². The minimum absolute atomic E-state index is 0.335. The van der Waals surface area contributed by atoms with Crippen LogP contribution in [0.1, 0.15) is 20.3 Å². The first-order valence-electron chi connectivity index (χ1n) is 3.62. The minimum atomic E-state index is -3.06. The molecule has 0 unspecified atom stereocenters. The SMILES string of the molecule is CC(C)S(=O)(=O)N1C=[C]CC1. The van der Waals surface area contributed by atoms with Crippen molar-refractivity contribution in [3.8, 4) is 0 Å². The maximum absolute atomic E-state index is 11.4. The van der Waals surface area contributed by atoms with Crippen molar-refractivity contribution in [2.75, 3.05) is 6.54 Å². The lowest BCUT2D eigenvalue weighted by molar-refractivity contribution is 0.508. The Balaban J connectivity index is 2.81. The number of sulfonamides is 1. The van der Waals surface area contributed by atoms with Gasteiger partial charge < -0.3 is 0 Å². The standard InChI is InChI=1S/C7H12NO2S/c1-7(2)11(9,10)8-5-3-4-6-8/h6-7H,3,5H2,1-2H3. The Labute approximate surface area is 67.8 Å². The van der Waals surface area contributed by atoms with E-state index in [0.717, 1.165) is 0 Å². The molecule has 4 heteroatoms. The average molecular weight is 174 g/mol. The van der Waals surface area contributed by atoms with Gasteiger partial charge in [-0.05, 0) is 26.3 Å². The third-order valence-corrected chi connectivity index (χ3v) is 3.77. The predicted octanol–water partition coefficient (Wildman–Crippen LogP) is 0.747. The van der Waals surface area contributed by atoms with Crippen LogP contribution in [-0.4, -0.2) is 24.5 Å².